The summed E-state index contributed by atoms with van der Waals surface area (Å²) in [6, 6.07) is 11.9. The number of benzene rings is 2. The molecule has 2 aromatic carbocycles. The number of carbonyl (C=O) groups is 2. The SMILES string of the molecule is CCOc1ccccc1NC(=O)C(C)OC(=O)c1ccc2c(c1)OCCCO2. The Labute approximate surface area is 163 Å². The molecule has 7 nitrogen and oxygen atoms in total. The fourth-order valence-corrected chi connectivity index (χ4v) is 2.66. The van der Waals surface area contributed by atoms with Crippen molar-refractivity contribution in [3.05, 3.63) is 48.0 Å². The van der Waals surface area contributed by atoms with Crippen molar-refractivity contribution >= 4 is 17.6 Å². The second-order valence-electron chi connectivity index (χ2n) is 6.18. The second-order valence-corrected chi connectivity index (χ2v) is 6.18. The van der Waals surface area contributed by atoms with Gasteiger partial charge in [-0.3, -0.25) is 4.79 Å². The molecule has 0 saturated carbocycles. The van der Waals surface area contributed by atoms with Crippen LogP contribution in [0.4, 0.5) is 5.69 Å². The van der Waals surface area contributed by atoms with Crippen LogP contribution in [0.15, 0.2) is 42.5 Å². The first-order chi connectivity index (χ1) is 13.6. The Kier molecular flexibility index (Phi) is 6.37. The summed E-state index contributed by atoms with van der Waals surface area (Å²) in [5, 5.41) is 2.72. The minimum atomic E-state index is -0.988. The number of nitrogens with one attached hydrogen (secondary N) is 1. The molecule has 1 atom stereocenters. The van der Waals surface area contributed by atoms with Crippen LogP contribution >= 0.6 is 0 Å². The van der Waals surface area contributed by atoms with Gasteiger partial charge in [-0.1, -0.05) is 12.1 Å². The van der Waals surface area contributed by atoms with E-state index >= 15 is 0 Å². The Hall–Kier alpha value is -3.22. The molecule has 2 aromatic rings. The third kappa shape index (κ3) is 4.73. The van der Waals surface area contributed by atoms with E-state index in [9.17, 15) is 9.59 Å². The van der Waals surface area contributed by atoms with Gasteiger partial charge in [-0.25, -0.2) is 4.79 Å². The van der Waals surface area contributed by atoms with Crippen LogP contribution in [0.5, 0.6) is 17.2 Å². The van der Waals surface area contributed by atoms with Crippen LogP contribution in [0.2, 0.25) is 0 Å². The molecule has 7 heteroatoms. The van der Waals surface area contributed by atoms with Crippen LogP contribution in [-0.2, 0) is 9.53 Å². The Balaban J connectivity index is 1.64. The van der Waals surface area contributed by atoms with Gasteiger partial charge in [-0.2, -0.15) is 0 Å². The van der Waals surface area contributed by atoms with Crippen LogP contribution in [0.3, 0.4) is 0 Å². The van der Waals surface area contributed by atoms with Crippen LogP contribution in [0.1, 0.15) is 30.6 Å². The van der Waals surface area contributed by atoms with E-state index in [0.29, 0.717) is 48.3 Å². The lowest BCUT2D eigenvalue weighted by atomic mass is 10.2. The molecule has 0 aromatic heterocycles. The quantitative estimate of drug-likeness (QED) is 0.767. The average Bonchev–Trinajstić information content (AvgIpc) is 2.94. The number of para-hydroxylation sites is 2. The average molecular weight is 385 g/mol. The van der Waals surface area contributed by atoms with Crippen molar-refractivity contribution in [1.29, 1.82) is 0 Å². The van der Waals surface area contributed by atoms with Crippen molar-refractivity contribution in [2.75, 3.05) is 25.1 Å². The molecule has 3 rings (SSSR count). The van der Waals surface area contributed by atoms with Gasteiger partial charge in [0.15, 0.2) is 17.6 Å². The third-order valence-corrected chi connectivity index (χ3v) is 4.08. The van der Waals surface area contributed by atoms with Crippen LogP contribution in [0, 0.1) is 0 Å². The zero-order chi connectivity index (χ0) is 19.9. The van der Waals surface area contributed by atoms with Crippen molar-refractivity contribution in [3.63, 3.8) is 0 Å². The summed E-state index contributed by atoms with van der Waals surface area (Å²) in [5.41, 5.74) is 0.812. The first kappa shape index (κ1) is 19.5. The Morgan fingerprint density at radius 3 is 2.64 bits per heavy atom. The number of anilines is 1. The van der Waals surface area contributed by atoms with Gasteiger partial charge in [0.2, 0.25) is 0 Å². The lowest BCUT2D eigenvalue weighted by molar-refractivity contribution is -0.123. The predicted octanol–water partition coefficient (Wildman–Crippen LogP) is 3.43. The molecule has 0 radical (unpaired) electrons. The summed E-state index contributed by atoms with van der Waals surface area (Å²) in [6.45, 7) is 4.93. The van der Waals surface area contributed by atoms with E-state index in [1.54, 1.807) is 36.4 Å². The normalized spacial score (nSPS) is 13.8. The minimum absolute atomic E-state index is 0.290. The molecule has 148 valence electrons. The Bertz CT molecular complexity index is 851. The molecule has 1 aliphatic rings. The van der Waals surface area contributed by atoms with Gasteiger partial charge >= 0.3 is 5.97 Å². The van der Waals surface area contributed by atoms with Crippen molar-refractivity contribution in [2.45, 2.75) is 26.4 Å². The Morgan fingerprint density at radius 1 is 1.11 bits per heavy atom. The molecule has 1 amide bonds. The molecule has 1 N–H and O–H groups in total. The zero-order valence-corrected chi connectivity index (χ0v) is 15.9. The molecule has 0 bridgehead atoms. The highest BCUT2D eigenvalue weighted by Gasteiger charge is 2.21. The van der Waals surface area contributed by atoms with E-state index in [2.05, 4.69) is 5.32 Å². The molecule has 1 aliphatic heterocycles. The lowest BCUT2D eigenvalue weighted by Gasteiger charge is -2.16. The van der Waals surface area contributed by atoms with Crippen LogP contribution < -0.4 is 19.5 Å². The Morgan fingerprint density at radius 2 is 1.86 bits per heavy atom. The second kappa shape index (κ2) is 9.12. The highest BCUT2D eigenvalue weighted by molar-refractivity contribution is 5.98. The van der Waals surface area contributed by atoms with Crippen molar-refractivity contribution in [2.24, 2.45) is 0 Å². The molecule has 28 heavy (non-hydrogen) atoms. The molecule has 0 aliphatic carbocycles. The molecular formula is C21H23NO6. The van der Waals surface area contributed by atoms with Gasteiger partial charge in [0.25, 0.3) is 5.91 Å². The molecule has 0 saturated heterocycles. The summed E-state index contributed by atoms with van der Waals surface area (Å²) in [5.74, 6) is 0.577. The maximum Gasteiger partial charge on any atom is 0.339 e. The van der Waals surface area contributed by atoms with E-state index in [4.69, 9.17) is 18.9 Å². The van der Waals surface area contributed by atoms with E-state index < -0.39 is 18.0 Å². The number of rotatable bonds is 6. The monoisotopic (exact) mass is 385 g/mol. The standard InChI is InChI=1S/C21H23NO6/c1-3-25-17-8-5-4-7-16(17)22-20(23)14(2)28-21(24)15-9-10-18-19(13-15)27-12-6-11-26-18/h4-5,7-10,13-14H,3,6,11-12H2,1-2H3,(H,22,23). The van der Waals surface area contributed by atoms with E-state index in [1.807, 2.05) is 13.0 Å². The molecule has 1 unspecified atom stereocenters. The highest BCUT2D eigenvalue weighted by Crippen LogP contribution is 2.31. The van der Waals surface area contributed by atoms with Crippen molar-refractivity contribution in [3.8, 4) is 17.2 Å². The van der Waals surface area contributed by atoms with E-state index in [-0.39, 0.29) is 0 Å². The van der Waals surface area contributed by atoms with Gasteiger partial charge in [0, 0.05) is 6.42 Å². The number of carbonyl (C=O) groups excluding carboxylic acids is 2. The molecule has 0 spiro atoms. The highest BCUT2D eigenvalue weighted by atomic mass is 16.5. The van der Waals surface area contributed by atoms with Gasteiger partial charge in [-0.05, 0) is 44.2 Å². The van der Waals surface area contributed by atoms with Crippen LogP contribution in [-0.4, -0.2) is 37.8 Å². The van der Waals surface area contributed by atoms with Gasteiger partial charge in [-0.15, -0.1) is 0 Å². The van der Waals surface area contributed by atoms with Crippen molar-refractivity contribution in [1.82, 2.24) is 0 Å². The minimum Gasteiger partial charge on any atom is -0.492 e. The van der Waals surface area contributed by atoms with Gasteiger partial charge < -0.3 is 24.3 Å². The summed E-state index contributed by atoms with van der Waals surface area (Å²) < 4.78 is 21.9. The number of hydrogen-bond acceptors (Lipinski definition) is 6. The molecule has 1 heterocycles. The van der Waals surface area contributed by atoms with E-state index in [0.717, 1.165) is 6.42 Å². The van der Waals surface area contributed by atoms with Crippen molar-refractivity contribution < 1.29 is 28.5 Å². The van der Waals surface area contributed by atoms with Gasteiger partial charge in [0.1, 0.15) is 5.75 Å². The summed E-state index contributed by atoms with van der Waals surface area (Å²) >= 11 is 0. The van der Waals surface area contributed by atoms with Gasteiger partial charge in [0.05, 0.1) is 31.1 Å². The molecule has 0 fully saturated rings. The maximum atomic E-state index is 12.4. The first-order valence-corrected chi connectivity index (χ1v) is 9.21. The molecular weight excluding hydrogens is 362 g/mol. The number of ether oxygens (including phenoxy) is 4. The number of hydrogen-bond donors (Lipinski definition) is 1. The summed E-state index contributed by atoms with van der Waals surface area (Å²) in [7, 11) is 0. The third-order valence-electron chi connectivity index (χ3n) is 4.08. The first-order valence-electron chi connectivity index (χ1n) is 9.21. The fraction of sp³-hybridized carbons (Fsp3) is 0.333. The number of amides is 1. The maximum absolute atomic E-state index is 12.4. The topological polar surface area (TPSA) is 83.1 Å². The fourth-order valence-electron chi connectivity index (χ4n) is 2.66. The predicted molar refractivity (Wildman–Crippen MR) is 103 cm³/mol. The van der Waals surface area contributed by atoms with Crippen LogP contribution in [0.25, 0.3) is 0 Å². The summed E-state index contributed by atoms with van der Waals surface area (Å²) in [4.78, 5) is 24.9. The van der Waals surface area contributed by atoms with E-state index in [1.165, 1.54) is 6.92 Å². The number of esters is 1. The summed E-state index contributed by atoms with van der Waals surface area (Å²) in [6.07, 6.45) is -0.215. The smallest absolute Gasteiger partial charge is 0.339 e. The number of fused-ring (bicyclic) bond motifs is 1. The largest absolute Gasteiger partial charge is 0.492 e. The zero-order valence-electron chi connectivity index (χ0n) is 15.9. The lowest BCUT2D eigenvalue weighted by Crippen LogP contribution is -2.30.